The van der Waals surface area contributed by atoms with Crippen LogP contribution < -0.4 is 5.73 Å². The van der Waals surface area contributed by atoms with E-state index in [9.17, 15) is 0 Å². The van der Waals surface area contributed by atoms with E-state index in [1.54, 1.807) is 6.20 Å². The summed E-state index contributed by atoms with van der Waals surface area (Å²) in [6.07, 6.45) is 3.69. The van der Waals surface area contributed by atoms with Crippen molar-refractivity contribution in [2.75, 3.05) is 5.73 Å². The Balaban J connectivity index is 2.60. The summed E-state index contributed by atoms with van der Waals surface area (Å²) in [5, 5.41) is 4.46. The largest absolute Gasteiger partial charge is 0.383 e. The van der Waals surface area contributed by atoms with Gasteiger partial charge in [0, 0.05) is 30.6 Å². The Morgan fingerprint density at radius 3 is 2.69 bits per heavy atom. The van der Waals surface area contributed by atoms with E-state index in [0.29, 0.717) is 11.7 Å². The molecule has 0 amide bonds. The van der Waals surface area contributed by atoms with Gasteiger partial charge in [0.1, 0.15) is 5.82 Å². The van der Waals surface area contributed by atoms with Crippen LogP contribution in [0, 0.1) is 0 Å². The Hall–Kier alpha value is -1.84. The SMILES string of the molecule is CC(C)c1nn(C)cc1-c1cccnc1N. The van der Waals surface area contributed by atoms with Crippen LogP contribution in [0.1, 0.15) is 25.5 Å². The smallest absolute Gasteiger partial charge is 0.131 e. The minimum atomic E-state index is 0.371. The average molecular weight is 216 g/mol. The zero-order chi connectivity index (χ0) is 11.7. The van der Waals surface area contributed by atoms with Gasteiger partial charge >= 0.3 is 0 Å². The standard InChI is InChI=1S/C12H16N4/c1-8(2)11-10(7-16(3)15-11)9-5-4-6-14-12(9)13/h4-8H,1-3H3,(H2,13,14). The van der Waals surface area contributed by atoms with Gasteiger partial charge in [0.05, 0.1) is 5.69 Å². The summed E-state index contributed by atoms with van der Waals surface area (Å²) in [5.41, 5.74) is 8.97. The predicted molar refractivity (Wildman–Crippen MR) is 64.9 cm³/mol. The zero-order valence-electron chi connectivity index (χ0n) is 9.81. The van der Waals surface area contributed by atoms with Crippen LogP contribution in [0.4, 0.5) is 5.82 Å². The molecule has 4 heteroatoms. The lowest BCUT2D eigenvalue weighted by Crippen LogP contribution is -1.96. The number of hydrogen-bond donors (Lipinski definition) is 1. The van der Waals surface area contributed by atoms with Crippen LogP contribution in [-0.2, 0) is 7.05 Å². The summed E-state index contributed by atoms with van der Waals surface area (Å²) in [5.74, 6) is 0.924. The predicted octanol–water partition coefficient (Wildman–Crippen LogP) is 2.19. The molecule has 4 nitrogen and oxygen atoms in total. The molecule has 0 unspecified atom stereocenters. The molecule has 0 bridgehead atoms. The van der Waals surface area contributed by atoms with Crippen LogP contribution in [0.3, 0.4) is 0 Å². The molecule has 0 aliphatic heterocycles. The van der Waals surface area contributed by atoms with Gasteiger partial charge in [-0.25, -0.2) is 4.98 Å². The number of nitrogen functional groups attached to an aromatic ring is 1. The fourth-order valence-corrected chi connectivity index (χ4v) is 1.78. The number of nitrogens with zero attached hydrogens (tertiary/aromatic N) is 3. The molecule has 2 heterocycles. The van der Waals surface area contributed by atoms with E-state index in [1.807, 2.05) is 30.1 Å². The summed E-state index contributed by atoms with van der Waals surface area (Å²) in [6.45, 7) is 4.25. The minimum Gasteiger partial charge on any atom is -0.383 e. The topological polar surface area (TPSA) is 56.7 Å². The molecular weight excluding hydrogens is 200 g/mol. The van der Waals surface area contributed by atoms with Crippen LogP contribution in [0.5, 0.6) is 0 Å². The van der Waals surface area contributed by atoms with E-state index in [2.05, 4.69) is 23.9 Å². The molecule has 0 saturated carbocycles. The van der Waals surface area contributed by atoms with E-state index in [4.69, 9.17) is 5.73 Å². The van der Waals surface area contributed by atoms with Crippen LogP contribution in [0.25, 0.3) is 11.1 Å². The zero-order valence-corrected chi connectivity index (χ0v) is 9.81. The quantitative estimate of drug-likeness (QED) is 0.837. The normalized spacial score (nSPS) is 11.0. The fourth-order valence-electron chi connectivity index (χ4n) is 1.78. The average Bonchev–Trinajstić information content (AvgIpc) is 2.61. The molecular formula is C12H16N4. The fraction of sp³-hybridized carbons (Fsp3) is 0.333. The first-order chi connectivity index (χ1) is 7.59. The molecule has 2 aromatic heterocycles. The highest BCUT2D eigenvalue weighted by molar-refractivity contribution is 5.75. The van der Waals surface area contributed by atoms with Gasteiger partial charge < -0.3 is 5.73 Å². The van der Waals surface area contributed by atoms with Gasteiger partial charge in [-0.2, -0.15) is 5.10 Å². The van der Waals surface area contributed by atoms with Gasteiger partial charge in [0.25, 0.3) is 0 Å². The van der Waals surface area contributed by atoms with E-state index >= 15 is 0 Å². The summed E-state index contributed by atoms with van der Waals surface area (Å²) in [6, 6.07) is 3.87. The Kier molecular flexibility index (Phi) is 2.64. The Morgan fingerprint density at radius 2 is 2.06 bits per heavy atom. The van der Waals surface area contributed by atoms with Gasteiger partial charge in [-0.3, -0.25) is 4.68 Å². The molecule has 0 saturated heterocycles. The van der Waals surface area contributed by atoms with E-state index in [-0.39, 0.29) is 0 Å². The summed E-state index contributed by atoms with van der Waals surface area (Å²) >= 11 is 0. The van der Waals surface area contributed by atoms with E-state index in [1.165, 1.54) is 0 Å². The van der Waals surface area contributed by atoms with Gasteiger partial charge in [-0.05, 0) is 18.1 Å². The van der Waals surface area contributed by atoms with Crippen molar-refractivity contribution in [2.45, 2.75) is 19.8 Å². The minimum absolute atomic E-state index is 0.371. The lowest BCUT2D eigenvalue weighted by molar-refractivity contribution is 0.713. The molecule has 2 N–H and O–H groups in total. The molecule has 0 aromatic carbocycles. The van der Waals surface area contributed by atoms with Crippen LogP contribution in [0.15, 0.2) is 24.5 Å². The Morgan fingerprint density at radius 1 is 1.31 bits per heavy atom. The first-order valence-corrected chi connectivity index (χ1v) is 5.34. The number of pyridine rings is 1. The Bertz CT molecular complexity index is 499. The molecule has 0 radical (unpaired) electrons. The molecule has 0 atom stereocenters. The number of rotatable bonds is 2. The van der Waals surface area contributed by atoms with Crippen LogP contribution >= 0.6 is 0 Å². The van der Waals surface area contributed by atoms with Crippen molar-refractivity contribution in [3.05, 3.63) is 30.2 Å². The first kappa shape index (κ1) is 10.7. The van der Waals surface area contributed by atoms with Gasteiger partial charge in [0.15, 0.2) is 0 Å². The third-order valence-electron chi connectivity index (χ3n) is 2.53. The van der Waals surface area contributed by atoms with Gasteiger partial charge in [0.2, 0.25) is 0 Å². The second-order valence-corrected chi connectivity index (χ2v) is 4.19. The highest BCUT2D eigenvalue weighted by Crippen LogP contribution is 2.30. The molecule has 0 fully saturated rings. The maximum Gasteiger partial charge on any atom is 0.131 e. The van der Waals surface area contributed by atoms with Crippen molar-refractivity contribution in [1.82, 2.24) is 14.8 Å². The Labute approximate surface area is 95.1 Å². The van der Waals surface area contributed by atoms with Gasteiger partial charge in [-0.1, -0.05) is 13.8 Å². The first-order valence-electron chi connectivity index (χ1n) is 5.34. The highest BCUT2D eigenvalue weighted by Gasteiger charge is 2.15. The van der Waals surface area contributed by atoms with Crippen molar-refractivity contribution in [1.29, 1.82) is 0 Å². The monoisotopic (exact) mass is 216 g/mol. The number of hydrogen-bond acceptors (Lipinski definition) is 3. The third-order valence-corrected chi connectivity index (χ3v) is 2.53. The van der Waals surface area contributed by atoms with Crippen molar-refractivity contribution in [2.24, 2.45) is 7.05 Å². The molecule has 2 aromatic rings. The number of aryl methyl sites for hydroxylation is 1. The molecule has 84 valence electrons. The van der Waals surface area contributed by atoms with Gasteiger partial charge in [-0.15, -0.1) is 0 Å². The van der Waals surface area contributed by atoms with Crippen molar-refractivity contribution < 1.29 is 0 Å². The number of anilines is 1. The second kappa shape index (κ2) is 3.96. The third kappa shape index (κ3) is 1.78. The lowest BCUT2D eigenvalue weighted by atomic mass is 10.0. The summed E-state index contributed by atoms with van der Waals surface area (Å²) < 4.78 is 1.82. The van der Waals surface area contributed by atoms with Crippen molar-refractivity contribution in [3.8, 4) is 11.1 Å². The number of aromatic nitrogens is 3. The molecule has 2 rings (SSSR count). The molecule has 0 aliphatic carbocycles. The summed E-state index contributed by atoms with van der Waals surface area (Å²) in [4.78, 5) is 4.11. The van der Waals surface area contributed by atoms with Crippen LogP contribution in [0.2, 0.25) is 0 Å². The molecule has 0 spiro atoms. The number of nitrogens with two attached hydrogens (primary N) is 1. The summed E-state index contributed by atoms with van der Waals surface area (Å²) in [7, 11) is 1.92. The van der Waals surface area contributed by atoms with Crippen molar-refractivity contribution >= 4 is 5.82 Å². The van der Waals surface area contributed by atoms with E-state index < -0.39 is 0 Å². The molecule has 0 aliphatic rings. The highest BCUT2D eigenvalue weighted by atomic mass is 15.3. The maximum atomic E-state index is 5.88. The lowest BCUT2D eigenvalue weighted by Gasteiger charge is -2.06. The van der Waals surface area contributed by atoms with Crippen LogP contribution in [-0.4, -0.2) is 14.8 Å². The second-order valence-electron chi connectivity index (χ2n) is 4.19. The van der Waals surface area contributed by atoms with Crippen molar-refractivity contribution in [3.63, 3.8) is 0 Å². The maximum absolute atomic E-state index is 5.88. The van der Waals surface area contributed by atoms with E-state index in [0.717, 1.165) is 16.8 Å². The molecule has 16 heavy (non-hydrogen) atoms.